The first-order chi connectivity index (χ1) is 9.65. The van der Waals surface area contributed by atoms with E-state index in [9.17, 15) is 9.59 Å². The van der Waals surface area contributed by atoms with Crippen LogP contribution in [0.25, 0.3) is 0 Å². The third kappa shape index (κ3) is 2.57. The van der Waals surface area contributed by atoms with Gasteiger partial charge in [-0.1, -0.05) is 12.1 Å². The van der Waals surface area contributed by atoms with E-state index in [2.05, 4.69) is 15.5 Å². The van der Waals surface area contributed by atoms with Crippen LogP contribution >= 0.6 is 11.8 Å². The van der Waals surface area contributed by atoms with Crippen LogP contribution in [-0.4, -0.2) is 27.2 Å². The number of rotatable bonds is 3. The number of carboxylic acids is 1. The molecule has 1 radical (unpaired) electrons. The van der Waals surface area contributed by atoms with Gasteiger partial charge in [0.2, 0.25) is 5.17 Å². The van der Waals surface area contributed by atoms with Gasteiger partial charge in [-0.2, -0.15) is 4.99 Å². The normalized spacial score (nSPS) is 19.6. The van der Waals surface area contributed by atoms with Crippen molar-refractivity contribution < 1.29 is 14.7 Å². The number of nitrogens with zero attached hydrogens (tertiary/aromatic N) is 3. The van der Waals surface area contributed by atoms with Gasteiger partial charge in [0.1, 0.15) is 5.04 Å². The molecule has 1 saturated carbocycles. The Labute approximate surface area is 119 Å². The van der Waals surface area contributed by atoms with Crippen molar-refractivity contribution in [3.8, 4) is 0 Å². The van der Waals surface area contributed by atoms with Crippen LogP contribution in [0, 0.1) is 5.92 Å². The molecule has 1 amide bonds. The topological polar surface area (TPSA) is 93.2 Å². The van der Waals surface area contributed by atoms with Gasteiger partial charge in [0.15, 0.2) is 0 Å². The van der Waals surface area contributed by atoms with Crippen molar-refractivity contribution in [3.05, 3.63) is 35.4 Å². The Kier molecular flexibility index (Phi) is 3.27. The second-order valence-corrected chi connectivity index (χ2v) is 5.45. The molecule has 0 aromatic heterocycles. The molecule has 3 rings (SSSR count). The predicted molar refractivity (Wildman–Crippen MR) is 75.1 cm³/mol. The van der Waals surface area contributed by atoms with Gasteiger partial charge < -0.3 is 5.11 Å². The van der Waals surface area contributed by atoms with E-state index >= 15 is 0 Å². The number of carboxylic acid groups (broad SMARTS) is 1. The molecule has 1 aromatic carbocycles. The highest BCUT2D eigenvalue weighted by Gasteiger charge is 2.33. The number of amides is 1. The Bertz CT molecular complexity index is 650. The van der Waals surface area contributed by atoms with Gasteiger partial charge in [-0.15, -0.1) is 10.5 Å². The van der Waals surface area contributed by atoms with E-state index in [1.54, 1.807) is 12.1 Å². The Hall–Kier alpha value is -2.15. The van der Waals surface area contributed by atoms with E-state index in [1.165, 1.54) is 23.9 Å². The van der Waals surface area contributed by atoms with Gasteiger partial charge >= 0.3 is 5.97 Å². The fourth-order valence-electron chi connectivity index (χ4n) is 1.77. The zero-order valence-electron chi connectivity index (χ0n) is 10.3. The van der Waals surface area contributed by atoms with E-state index in [4.69, 9.17) is 5.11 Å². The van der Waals surface area contributed by atoms with Crippen molar-refractivity contribution in [3.63, 3.8) is 0 Å². The Morgan fingerprint density at radius 3 is 2.60 bits per heavy atom. The number of hydrogen-bond donors (Lipinski definition) is 1. The van der Waals surface area contributed by atoms with E-state index < -0.39 is 11.9 Å². The van der Waals surface area contributed by atoms with Crippen LogP contribution in [0.1, 0.15) is 33.6 Å². The molecule has 1 aromatic rings. The number of hydrogen-bond acceptors (Lipinski definition) is 4. The summed E-state index contributed by atoms with van der Waals surface area (Å²) < 4.78 is 0. The first kappa shape index (κ1) is 12.9. The molecule has 1 heterocycles. The quantitative estimate of drug-likeness (QED) is 0.920. The van der Waals surface area contributed by atoms with Crippen LogP contribution in [0.3, 0.4) is 0 Å². The lowest BCUT2D eigenvalue weighted by Gasteiger charge is -2.01. The average Bonchev–Trinajstić information content (AvgIpc) is 3.19. The van der Waals surface area contributed by atoms with Gasteiger partial charge in [0.05, 0.1) is 11.1 Å². The molecule has 1 aliphatic heterocycles. The zero-order valence-corrected chi connectivity index (χ0v) is 11.1. The largest absolute Gasteiger partial charge is 0.478 e. The SMILES string of the molecule is O=C(O)c1ccccc1C(=O)N=C1[N]N=C(C2CC2)S1. The number of aromatic carboxylic acids is 1. The third-order valence-electron chi connectivity index (χ3n) is 2.94. The summed E-state index contributed by atoms with van der Waals surface area (Å²) in [6.07, 6.45) is 2.20. The lowest BCUT2D eigenvalue weighted by Crippen LogP contribution is -2.10. The molecule has 7 heteroatoms. The molecule has 20 heavy (non-hydrogen) atoms. The summed E-state index contributed by atoms with van der Waals surface area (Å²) in [6, 6.07) is 5.99. The maximum Gasteiger partial charge on any atom is 0.336 e. The summed E-state index contributed by atoms with van der Waals surface area (Å²) in [6.45, 7) is 0. The van der Waals surface area contributed by atoms with Crippen molar-refractivity contribution >= 4 is 33.8 Å². The minimum absolute atomic E-state index is 0.0585. The molecule has 0 saturated heterocycles. The third-order valence-corrected chi connectivity index (χ3v) is 3.92. The number of aliphatic imine (C=N–C) groups is 1. The van der Waals surface area contributed by atoms with E-state index in [0.29, 0.717) is 5.92 Å². The molecule has 101 valence electrons. The van der Waals surface area contributed by atoms with Gasteiger partial charge in [-0.25, -0.2) is 4.79 Å². The summed E-state index contributed by atoms with van der Waals surface area (Å²) in [5, 5.41) is 14.2. The molecule has 6 nitrogen and oxygen atoms in total. The van der Waals surface area contributed by atoms with Crippen LogP contribution in [-0.2, 0) is 0 Å². The number of thioether (sulfide) groups is 1. The van der Waals surface area contributed by atoms with Crippen molar-refractivity contribution in [2.24, 2.45) is 16.0 Å². The minimum atomic E-state index is -1.15. The highest BCUT2D eigenvalue weighted by Crippen LogP contribution is 2.37. The summed E-state index contributed by atoms with van der Waals surface area (Å²) in [5.41, 5.74) is 3.85. The van der Waals surface area contributed by atoms with Crippen molar-refractivity contribution in [1.82, 2.24) is 5.43 Å². The monoisotopic (exact) mass is 288 g/mol. The molecule has 0 spiro atoms. The molecule has 2 aliphatic rings. The fourth-order valence-corrected chi connectivity index (χ4v) is 2.65. The lowest BCUT2D eigenvalue weighted by atomic mass is 10.1. The van der Waals surface area contributed by atoms with Crippen LogP contribution in [0.4, 0.5) is 0 Å². The molecule has 0 bridgehead atoms. The molecule has 1 fully saturated rings. The maximum absolute atomic E-state index is 12.0. The van der Waals surface area contributed by atoms with E-state index in [-0.39, 0.29) is 16.3 Å². The number of carbonyl (C=O) groups excluding carboxylic acids is 1. The molecule has 0 unspecified atom stereocenters. The molecule has 1 aliphatic carbocycles. The van der Waals surface area contributed by atoms with E-state index in [0.717, 1.165) is 17.9 Å². The predicted octanol–water partition coefficient (Wildman–Crippen LogP) is 1.96. The molecular weight excluding hydrogens is 278 g/mol. The highest BCUT2D eigenvalue weighted by atomic mass is 32.2. The maximum atomic E-state index is 12.0. The van der Waals surface area contributed by atoms with Crippen LogP contribution in [0.2, 0.25) is 0 Å². The van der Waals surface area contributed by atoms with E-state index in [1.807, 2.05) is 0 Å². The van der Waals surface area contributed by atoms with Gasteiger partial charge in [0.25, 0.3) is 5.91 Å². The number of amidine groups is 1. The second kappa shape index (κ2) is 5.09. The molecular formula is C13H10N3O3S. The number of benzene rings is 1. The summed E-state index contributed by atoms with van der Waals surface area (Å²) in [5.74, 6) is -1.31. The number of carbonyl (C=O) groups is 2. The molecule has 1 N–H and O–H groups in total. The smallest absolute Gasteiger partial charge is 0.336 e. The summed E-state index contributed by atoms with van der Waals surface area (Å²) in [4.78, 5) is 26.9. The van der Waals surface area contributed by atoms with Crippen LogP contribution < -0.4 is 5.43 Å². The summed E-state index contributed by atoms with van der Waals surface area (Å²) >= 11 is 1.28. The fraction of sp³-hybridized carbons (Fsp3) is 0.231. The van der Waals surface area contributed by atoms with Crippen molar-refractivity contribution in [2.75, 3.05) is 0 Å². The molecule has 0 atom stereocenters. The average molecular weight is 288 g/mol. The van der Waals surface area contributed by atoms with Crippen LogP contribution in [0.15, 0.2) is 34.4 Å². The van der Waals surface area contributed by atoms with Crippen LogP contribution in [0.5, 0.6) is 0 Å². The standard InChI is InChI=1S/C13H10N3O3S/c17-10(8-3-1-2-4-9(8)12(18)19)14-13-16-15-11(20-13)7-5-6-7/h1-4,7H,5-6H2,(H,18,19). The van der Waals surface area contributed by atoms with Gasteiger partial charge in [0, 0.05) is 5.92 Å². The van der Waals surface area contributed by atoms with Crippen molar-refractivity contribution in [1.29, 1.82) is 0 Å². The highest BCUT2D eigenvalue weighted by molar-refractivity contribution is 8.27. The van der Waals surface area contributed by atoms with Gasteiger partial charge in [-0.05, 0) is 36.7 Å². The summed E-state index contributed by atoms with van der Waals surface area (Å²) in [7, 11) is 0. The second-order valence-electron chi connectivity index (χ2n) is 4.46. The zero-order chi connectivity index (χ0) is 14.1. The van der Waals surface area contributed by atoms with Crippen molar-refractivity contribution in [2.45, 2.75) is 12.8 Å². The lowest BCUT2D eigenvalue weighted by molar-refractivity contribution is 0.0692. The first-order valence-electron chi connectivity index (χ1n) is 6.07. The van der Waals surface area contributed by atoms with Gasteiger partial charge in [-0.3, -0.25) is 4.79 Å². The first-order valence-corrected chi connectivity index (χ1v) is 6.88. The Morgan fingerprint density at radius 1 is 1.25 bits per heavy atom. The minimum Gasteiger partial charge on any atom is -0.478 e. The Morgan fingerprint density at radius 2 is 1.95 bits per heavy atom. The Balaban J connectivity index is 1.79.